The first-order valence-corrected chi connectivity index (χ1v) is 5.55. The molecule has 0 radical (unpaired) electrons. The van der Waals surface area contributed by atoms with Gasteiger partial charge in [0.15, 0.2) is 0 Å². The molecule has 0 amide bonds. The fourth-order valence-corrected chi connectivity index (χ4v) is 1.71. The molecule has 0 fully saturated rings. The largest absolute Gasteiger partial charge is 0.320 e. The van der Waals surface area contributed by atoms with Gasteiger partial charge in [-0.1, -0.05) is 37.3 Å². The molecule has 82 valence electrons. The fraction of sp³-hybridized carbons (Fsp3) is 0.214. The predicted molar refractivity (Wildman–Crippen MR) is 66.1 cm³/mol. The summed E-state index contributed by atoms with van der Waals surface area (Å²) in [4.78, 5) is 4.08. The lowest BCUT2D eigenvalue weighted by atomic mass is 9.99. The molecule has 0 aliphatic rings. The average Bonchev–Trinajstić information content (AvgIpc) is 2.39. The monoisotopic (exact) mass is 212 g/mol. The number of hydrogen-bond acceptors (Lipinski definition) is 2. The third-order valence-corrected chi connectivity index (χ3v) is 2.79. The van der Waals surface area contributed by atoms with Gasteiger partial charge in [-0.05, 0) is 29.2 Å². The van der Waals surface area contributed by atoms with Crippen molar-refractivity contribution in [3.63, 3.8) is 0 Å². The number of aryl methyl sites for hydroxylation is 1. The number of nitrogens with zero attached hydrogens (tertiary/aromatic N) is 1. The molecule has 16 heavy (non-hydrogen) atoms. The summed E-state index contributed by atoms with van der Waals surface area (Å²) in [6.07, 6.45) is 4.64. The molecule has 0 bridgehead atoms. The van der Waals surface area contributed by atoms with Crippen molar-refractivity contribution in [2.75, 3.05) is 0 Å². The lowest BCUT2D eigenvalue weighted by molar-refractivity contribution is 0.861. The van der Waals surface area contributed by atoms with Crippen LogP contribution in [0.15, 0.2) is 48.8 Å². The minimum absolute atomic E-state index is 0.0837. The van der Waals surface area contributed by atoms with E-state index < -0.39 is 0 Å². The number of hydrogen-bond donors (Lipinski definition) is 1. The number of nitrogens with two attached hydrogens (primary N) is 1. The van der Waals surface area contributed by atoms with E-state index in [0.29, 0.717) is 0 Å². The van der Waals surface area contributed by atoms with E-state index in [4.69, 9.17) is 5.73 Å². The molecule has 1 heterocycles. The maximum Gasteiger partial charge on any atom is 0.0566 e. The smallest absolute Gasteiger partial charge is 0.0566 e. The maximum atomic E-state index is 6.17. The van der Waals surface area contributed by atoms with Crippen LogP contribution >= 0.6 is 0 Å². The van der Waals surface area contributed by atoms with Crippen LogP contribution in [0, 0.1) is 0 Å². The second-order valence-corrected chi connectivity index (χ2v) is 3.86. The van der Waals surface area contributed by atoms with Gasteiger partial charge in [0.1, 0.15) is 0 Å². The molecule has 2 rings (SSSR count). The van der Waals surface area contributed by atoms with Crippen LogP contribution in [0.5, 0.6) is 0 Å². The molecule has 1 atom stereocenters. The quantitative estimate of drug-likeness (QED) is 0.849. The van der Waals surface area contributed by atoms with Crippen LogP contribution in [0.1, 0.15) is 29.7 Å². The van der Waals surface area contributed by atoms with E-state index in [1.54, 1.807) is 6.20 Å². The summed E-state index contributed by atoms with van der Waals surface area (Å²) in [5.74, 6) is 0. The molecule has 2 heteroatoms. The van der Waals surface area contributed by atoms with Crippen LogP contribution in [0.4, 0.5) is 0 Å². The Morgan fingerprint density at radius 1 is 1.12 bits per heavy atom. The highest BCUT2D eigenvalue weighted by atomic mass is 14.7. The first kappa shape index (κ1) is 10.8. The summed E-state index contributed by atoms with van der Waals surface area (Å²) in [6, 6.07) is 12.3. The Kier molecular flexibility index (Phi) is 3.32. The lowest BCUT2D eigenvalue weighted by Gasteiger charge is -2.12. The van der Waals surface area contributed by atoms with Crippen LogP contribution in [0.3, 0.4) is 0 Å². The van der Waals surface area contributed by atoms with E-state index >= 15 is 0 Å². The van der Waals surface area contributed by atoms with E-state index in [-0.39, 0.29) is 6.04 Å². The SMILES string of the molecule is CCc1ccc(C(N)c2cccnc2)cc1. The van der Waals surface area contributed by atoms with E-state index in [1.165, 1.54) is 5.56 Å². The van der Waals surface area contributed by atoms with E-state index in [2.05, 4.69) is 36.2 Å². The van der Waals surface area contributed by atoms with Crippen molar-refractivity contribution in [3.8, 4) is 0 Å². The van der Waals surface area contributed by atoms with Crippen molar-refractivity contribution >= 4 is 0 Å². The molecule has 0 spiro atoms. The second-order valence-electron chi connectivity index (χ2n) is 3.86. The molecule has 0 saturated heterocycles. The normalized spacial score (nSPS) is 12.4. The Labute approximate surface area is 96.1 Å². The van der Waals surface area contributed by atoms with Crippen molar-refractivity contribution in [1.29, 1.82) is 0 Å². The van der Waals surface area contributed by atoms with Gasteiger partial charge in [-0.25, -0.2) is 0 Å². The van der Waals surface area contributed by atoms with Gasteiger partial charge in [0.25, 0.3) is 0 Å². The lowest BCUT2D eigenvalue weighted by Crippen LogP contribution is -2.11. The summed E-state index contributed by atoms with van der Waals surface area (Å²) in [7, 11) is 0. The minimum atomic E-state index is -0.0837. The minimum Gasteiger partial charge on any atom is -0.320 e. The van der Waals surface area contributed by atoms with Crippen molar-refractivity contribution < 1.29 is 0 Å². The highest BCUT2D eigenvalue weighted by Gasteiger charge is 2.07. The van der Waals surface area contributed by atoms with Gasteiger partial charge in [-0.15, -0.1) is 0 Å². The summed E-state index contributed by atoms with van der Waals surface area (Å²) in [6.45, 7) is 2.15. The first-order valence-electron chi connectivity index (χ1n) is 5.55. The third kappa shape index (κ3) is 2.28. The number of pyridine rings is 1. The molecule has 2 N–H and O–H groups in total. The predicted octanol–water partition coefficient (Wildman–Crippen LogP) is 2.69. The zero-order valence-corrected chi connectivity index (χ0v) is 9.43. The molecule has 1 aromatic heterocycles. The molecular formula is C14H16N2. The zero-order valence-electron chi connectivity index (χ0n) is 9.43. The van der Waals surface area contributed by atoms with Crippen LogP contribution < -0.4 is 5.73 Å². The van der Waals surface area contributed by atoms with Gasteiger partial charge in [0.2, 0.25) is 0 Å². The average molecular weight is 212 g/mol. The van der Waals surface area contributed by atoms with Crippen molar-refractivity contribution in [2.45, 2.75) is 19.4 Å². The Hall–Kier alpha value is -1.67. The first-order chi connectivity index (χ1) is 7.81. The van der Waals surface area contributed by atoms with E-state index in [0.717, 1.165) is 17.5 Å². The molecule has 0 saturated carbocycles. The number of aromatic nitrogens is 1. The van der Waals surface area contributed by atoms with Gasteiger partial charge < -0.3 is 5.73 Å². The molecule has 1 aromatic carbocycles. The second kappa shape index (κ2) is 4.90. The van der Waals surface area contributed by atoms with Crippen LogP contribution in [0.25, 0.3) is 0 Å². The van der Waals surface area contributed by atoms with Gasteiger partial charge in [0, 0.05) is 12.4 Å². The fourth-order valence-electron chi connectivity index (χ4n) is 1.71. The highest BCUT2D eigenvalue weighted by Crippen LogP contribution is 2.18. The third-order valence-electron chi connectivity index (χ3n) is 2.79. The Bertz CT molecular complexity index is 434. The van der Waals surface area contributed by atoms with Gasteiger partial charge in [0.05, 0.1) is 6.04 Å². The van der Waals surface area contributed by atoms with E-state index in [9.17, 15) is 0 Å². The van der Waals surface area contributed by atoms with Crippen LogP contribution in [-0.2, 0) is 6.42 Å². The van der Waals surface area contributed by atoms with Crippen LogP contribution in [0.2, 0.25) is 0 Å². The van der Waals surface area contributed by atoms with Crippen molar-refractivity contribution in [1.82, 2.24) is 4.98 Å². The summed E-state index contributed by atoms with van der Waals surface area (Å²) in [5, 5.41) is 0. The maximum absolute atomic E-state index is 6.17. The van der Waals surface area contributed by atoms with E-state index in [1.807, 2.05) is 18.3 Å². The molecular weight excluding hydrogens is 196 g/mol. The number of rotatable bonds is 3. The van der Waals surface area contributed by atoms with Crippen LogP contribution in [-0.4, -0.2) is 4.98 Å². The van der Waals surface area contributed by atoms with Crippen molar-refractivity contribution in [2.24, 2.45) is 5.73 Å². The van der Waals surface area contributed by atoms with Gasteiger partial charge in [-0.3, -0.25) is 4.98 Å². The molecule has 2 nitrogen and oxygen atoms in total. The summed E-state index contributed by atoms with van der Waals surface area (Å²) in [5.41, 5.74) is 9.68. The summed E-state index contributed by atoms with van der Waals surface area (Å²) < 4.78 is 0. The number of benzene rings is 1. The Balaban J connectivity index is 2.24. The topological polar surface area (TPSA) is 38.9 Å². The van der Waals surface area contributed by atoms with Crippen molar-refractivity contribution in [3.05, 3.63) is 65.5 Å². The Morgan fingerprint density at radius 3 is 2.44 bits per heavy atom. The standard InChI is InChI=1S/C14H16N2/c1-2-11-5-7-12(8-6-11)14(15)13-4-3-9-16-10-13/h3-10,14H,2,15H2,1H3. The highest BCUT2D eigenvalue weighted by molar-refractivity contribution is 5.31. The Morgan fingerprint density at radius 2 is 1.88 bits per heavy atom. The summed E-state index contributed by atoms with van der Waals surface area (Å²) >= 11 is 0. The molecule has 2 aromatic rings. The van der Waals surface area contributed by atoms with Gasteiger partial charge >= 0.3 is 0 Å². The zero-order chi connectivity index (χ0) is 11.4. The molecule has 0 aliphatic carbocycles. The molecule has 0 aliphatic heterocycles. The van der Waals surface area contributed by atoms with Gasteiger partial charge in [-0.2, -0.15) is 0 Å². The molecule has 1 unspecified atom stereocenters.